The minimum atomic E-state index is -0.477. The normalized spacial score (nSPS) is 21.7. The monoisotopic (exact) mass is 715 g/mol. The number of nitrogens with zero attached hydrogens (tertiary/aromatic N) is 3. The molecule has 4 amide bonds. The largest absolute Gasteiger partial charge is 0.351 e. The van der Waals surface area contributed by atoms with Gasteiger partial charge in [-0.3, -0.25) is 19.2 Å². The highest BCUT2D eigenvalue weighted by molar-refractivity contribution is 7.10. The van der Waals surface area contributed by atoms with Crippen LogP contribution < -0.4 is 21.3 Å². The van der Waals surface area contributed by atoms with Crippen LogP contribution in [0.5, 0.6) is 0 Å². The number of thiazole rings is 2. The molecule has 3 atom stereocenters. The average molecular weight is 716 g/mol. The zero-order chi connectivity index (χ0) is 33.2. The molecule has 260 valence electrons. The number of nitrogens with one attached hydrogen (secondary N) is 4. The molecule has 1 fully saturated rings. The minimum absolute atomic E-state index is 0. The molecular formula is C34H46ClN7O4S2. The highest BCUT2D eigenvalue weighted by Crippen LogP contribution is 2.27. The van der Waals surface area contributed by atoms with E-state index >= 15 is 0 Å². The van der Waals surface area contributed by atoms with Crippen molar-refractivity contribution < 1.29 is 19.2 Å². The number of halogens is 1. The molecule has 4 bridgehead atoms. The molecule has 14 heteroatoms. The van der Waals surface area contributed by atoms with Gasteiger partial charge in [0.05, 0.1) is 18.1 Å². The van der Waals surface area contributed by atoms with Crippen LogP contribution >= 0.6 is 35.1 Å². The summed E-state index contributed by atoms with van der Waals surface area (Å²) in [6.07, 6.45) is 5.39. The van der Waals surface area contributed by atoms with E-state index in [0.717, 1.165) is 31.4 Å². The number of rotatable bonds is 5. The van der Waals surface area contributed by atoms with Gasteiger partial charge in [0, 0.05) is 36.8 Å². The molecule has 0 aliphatic carbocycles. The van der Waals surface area contributed by atoms with Gasteiger partial charge in [-0.25, -0.2) is 9.97 Å². The summed E-state index contributed by atoms with van der Waals surface area (Å²) in [4.78, 5) is 64.4. The summed E-state index contributed by atoms with van der Waals surface area (Å²) in [5.74, 6) is -0.411. The van der Waals surface area contributed by atoms with E-state index in [1.165, 1.54) is 22.7 Å². The molecule has 4 N–H and O–H groups in total. The van der Waals surface area contributed by atoms with Gasteiger partial charge in [0.15, 0.2) is 0 Å². The van der Waals surface area contributed by atoms with E-state index < -0.39 is 6.04 Å². The van der Waals surface area contributed by atoms with E-state index in [1.807, 2.05) is 35.2 Å². The molecule has 1 aromatic carbocycles. The van der Waals surface area contributed by atoms with Crippen molar-refractivity contribution in [2.45, 2.75) is 83.3 Å². The summed E-state index contributed by atoms with van der Waals surface area (Å²) in [7, 11) is 0. The number of piperidine rings is 1. The van der Waals surface area contributed by atoms with E-state index in [1.54, 1.807) is 10.8 Å². The molecule has 4 heterocycles. The lowest BCUT2D eigenvalue weighted by Gasteiger charge is -2.30. The first-order valence-electron chi connectivity index (χ1n) is 16.6. The Morgan fingerprint density at radius 2 is 1.56 bits per heavy atom. The van der Waals surface area contributed by atoms with Gasteiger partial charge in [-0.05, 0) is 56.6 Å². The predicted octanol–water partition coefficient (Wildman–Crippen LogP) is 4.82. The molecule has 1 unspecified atom stereocenters. The van der Waals surface area contributed by atoms with Crippen molar-refractivity contribution in [3.8, 4) is 0 Å². The SMILES string of the molecule is CC(C)CC1NC(=O)CCCN(C(=O)[C@H]2CCCCN2)CCCNC(=O)c2csc(n2)[C@H](Cc2ccccc2)NC(=O)c2csc1n2.Cl. The van der Waals surface area contributed by atoms with Crippen LogP contribution in [0.3, 0.4) is 0 Å². The second-order valence-electron chi connectivity index (χ2n) is 12.6. The van der Waals surface area contributed by atoms with Crippen molar-refractivity contribution in [1.82, 2.24) is 36.1 Å². The van der Waals surface area contributed by atoms with Crippen LogP contribution in [0, 0.1) is 5.92 Å². The van der Waals surface area contributed by atoms with Gasteiger partial charge in [-0.15, -0.1) is 35.1 Å². The van der Waals surface area contributed by atoms with Crippen LogP contribution in [0.2, 0.25) is 0 Å². The van der Waals surface area contributed by atoms with Crippen LogP contribution in [-0.4, -0.2) is 70.7 Å². The first-order chi connectivity index (χ1) is 22.8. The second-order valence-corrected chi connectivity index (χ2v) is 14.4. The molecule has 2 aromatic heterocycles. The Balaban J connectivity index is 0.00000520. The van der Waals surface area contributed by atoms with Gasteiger partial charge in [0.1, 0.15) is 21.4 Å². The Bertz CT molecular complexity index is 1510. The van der Waals surface area contributed by atoms with Crippen molar-refractivity contribution >= 4 is 58.7 Å². The van der Waals surface area contributed by atoms with Gasteiger partial charge >= 0.3 is 0 Å². The summed E-state index contributed by atoms with van der Waals surface area (Å²) in [5.41, 5.74) is 1.59. The van der Waals surface area contributed by atoms with Gasteiger partial charge < -0.3 is 26.2 Å². The van der Waals surface area contributed by atoms with Crippen LogP contribution in [0.25, 0.3) is 0 Å². The topological polar surface area (TPSA) is 145 Å². The Hall–Kier alpha value is -3.39. The van der Waals surface area contributed by atoms with Gasteiger partial charge in [-0.2, -0.15) is 0 Å². The number of benzene rings is 1. The Kier molecular flexibility index (Phi) is 14.3. The fraction of sp³-hybridized carbons (Fsp3) is 0.529. The summed E-state index contributed by atoms with van der Waals surface area (Å²) in [6.45, 7) is 6.30. The molecule has 3 aromatic rings. The van der Waals surface area contributed by atoms with Crippen molar-refractivity contribution in [2.75, 3.05) is 26.2 Å². The number of hydrogen-bond donors (Lipinski definition) is 4. The molecule has 5 rings (SSSR count). The lowest BCUT2D eigenvalue weighted by atomic mass is 10.0. The van der Waals surface area contributed by atoms with Gasteiger partial charge in [-0.1, -0.05) is 50.6 Å². The lowest BCUT2D eigenvalue weighted by Crippen LogP contribution is -2.49. The quantitative estimate of drug-likeness (QED) is 0.296. The molecule has 11 nitrogen and oxygen atoms in total. The Morgan fingerprint density at radius 3 is 2.25 bits per heavy atom. The number of amides is 4. The summed E-state index contributed by atoms with van der Waals surface area (Å²) in [5, 5.41) is 17.3. The third kappa shape index (κ3) is 10.6. The van der Waals surface area contributed by atoms with Crippen LogP contribution in [-0.2, 0) is 16.0 Å². The van der Waals surface area contributed by atoms with Crippen molar-refractivity contribution in [2.24, 2.45) is 5.92 Å². The molecule has 48 heavy (non-hydrogen) atoms. The van der Waals surface area contributed by atoms with E-state index in [4.69, 9.17) is 0 Å². The van der Waals surface area contributed by atoms with Crippen LogP contribution in [0.1, 0.15) is 107 Å². The van der Waals surface area contributed by atoms with Crippen LogP contribution in [0.15, 0.2) is 41.1 Å². The first-order valence-corrected chi connectivity index (χ1v) is 18.4. The predicted molar refractivity (Wildman–Crippen MR) is 191 cm³/mol. The van der Waals surface area contributed by atoms with Gasteiger partial charge in [0.25, 0.3) is 11.8 Å². The number of aromatic nitrogens is 2. The summed E-state index contributed by atoms with van der Waals surface area (Å²) >= 11 is 2.68. The highest BCUT2D eigenvalue weighted by Gasteiger charge is 2.27. The van der Waals surface area contributed by atoms with E-state index in [2.05, 4.69) is 45.1 Å². The maximum Gasteiger partial charge on any atom is 0.271 e. The summed E-state index contributed by atoms with van der Waals surface area (Å²) in [6, 6.07) is 8.79. The molecule has 0 radical (unpaired) electrons. The standard InChI is InChI=1S/C34H45N7O4S2.ClH/c1-22(2)18-25-32-40-28(21-47-32)31(44)38-26(19-23-10-4-3-5-11-23)33-39-27(20-46-33)30(43)36-15-9-17-41(16-8-13-29(42)37-25)34(45)24-12-6-7-14-35-24;/h3-5,10-11,20-22,24-26,35H,6-9,12-19H2,1-2H3,(H,36,43)(H,37,42)(H,38,44);1H/t24-,25?,26+;/m1./s1. The van der Waals surface area contributed by atoms with Crippen molar-refractivity contribution in [3.63, 3.8) is 0 Å². The molecular weight excluding hydrogens is 670 g/mol. The first kappa shape index (κ1) is 37.4. The maximum atomic E-state index is 13.5. The maximum absolute atomic E-state index is 13.5. The van der Waals surface area contributed by atoms with E-state index in [0.29, 0.717) is 61.0 Å². The number of carbonyl (C=O) groups excluding carboxylic acids is 4. The van der Waals surface area contributed by atoms with Gasteiger partial charge in [0.2, 0.25) is 11.8 Å². The fourth-order valence-electron chi connectivity index (χ4n) is 5.95. The highest BCUT2D eigenvalue weighted by atomic mass is 35.5. The third-order valence-electron chi connectivity index (χ3n) is 8.38. The molecule has 2 aliphatic heterocycles. The smallest absolute Gasteiger partial charge is 0.271 e. The lowest BCUT2D eigenvalue weighted by molar-refractivity contribution is -0.134. The molecule has 0 saturated carbocycles. The third-order valence-corrected chi connectivity index (χ3v) is 10.3. The fourth-order valence-corrected chi connectivity index (χ4v) is 7.67. The Labute approximate surface area is 296 Å². The summed E-state index contributed by atoms with van der Waals surface area (Å²) < 4.78 is 0. The van der Waals surface area contributed by atoms with Crippen molar-refractivity contribution in [3.05, 3.63) is 68.1 Å². The number of carbonyl (C=O) groups is 4. The minimum Gasteiger partial charge on any atom is -0.351 e. The van der Waals surface area contributed by atoms with E-state index in [9.17, 15) is 19.2 Å². The number of fused-ring (bicyclic) bond motifs is 4. The van der Waals surface area contributed by atoms with E-state index in [-0.39, 0.29) is 66.2 Å². The Morgan fingerprint density at radius 1 is 0.875 bits per heavy atom. The number of hydrogen-bond acceptors (Lipinski definition) is 9. The molecule has 1 saturated heterocycles. The molecule has 0 spiro atoms. The average Bonchev–Trinajstić information content (AvgIpc) is 3.77. The zero-order valence-corrected chi connectivity index (χ0v) is 30.0. The van der Waals surface area contributed by atoms with Crippen molar-refractivity contribution in [1.29, 1.82) is 0 Å². The molecule has 2 aliphatic rings. The second kappa shape index (κ2) is 18.4. The zero-order valence-electron chi connectivity index (χ0n) is 27.5. The van der Waals surface area contributed by atoms with Crippen LogP contribution in [0.4, 0.5) is 0 Å².